The van der Waals surface area contributed by atoms with Crippen LogP contribution in [-0.4, -0.2) is 49.3 Å². The second-order valence-corrected chi connectivity index (χ2v) is 9.61. The van der Waals surface area contributed by atoms with Gasteiger partial charge in [-0.15, -0.1) is 0 Å². The van der Waals surface area contributed by atoms with Gasteiger partial charge in [0.1, 0.15) is 11.6 Å². The van der Waals surface area contributed by atoms with Crippen molar-refractivity contribution in [2.45, 2.75) is 88.4 Å². The van der Waals surface area contributed by atoms with Crippen LogP contribution in [0.1, 0.15) is 86.2 Å². The Morgan fingerprint density at radius 2 is 1.90 bits per heavy atom. The van der Waals surface area contributed by atoms with Gasteiger partial charge in [0.2, 0.25) is 0 Å². The molecular formula is C23H32N4O3. The molecule has 1 amide bonds. The summed E-state index contributed by atoms with van der Waals surface area (Å²) < 4.78 is 0. The van der Waals surface area contributed by atoms with Crippen LogP contribution in [-0.2, 0) is 0 Å². The largest absolute Gasteiger partial charge is 0.390 e. The van der Waals surface area contributed by atoms with Crippen molar-refractivity contribution in [2.75, 3.05) is 0 Å². The molecule has 4 N–H and O–H groups in total. The van der Waals surface area contributed by atoms with Crippen molar-refractivity contribution in [2.24, 2.45) is 11.8 Å². The lowest BCUT2D eigenvalue weighted by atomic mass is 9.82. The van der Waals surface area contributed by atoms with Crippen LogP contribution < -0.4 is 5.32 Å². The zero-order valence-electron chi connectivity index (χ0n) is 17.4. The molecule has 5 rings (SSSR count). The van der Waals surface area contributed by atoms with Gasteiger partial charge in [0.05, 0.1) is 29.6 Å². The lowest BCUT2D eigenvalue weighted by Gasteiger charge is -2.32. The molecule has 3 aliphatic carbocycles. The first-order valence-electron chi connectivity index (χ1n) is 11.6. The van der Waals surface area contributed by atoms with Crippen LogP contribution in [0.3, 0.4) is 0 Å². The Kier molecular flexibility index (Phi) is 5.50. The number of rotatable bonds is 8. The van der Waals surface area contributed by atoms with Gasteiger partial charge in [-0.05, 0) is 43.9 Å². The van der Waals surface area contributed by atoms with Crippen molar-refractivity contribution in [1.82, 2.24) is 20.3 Å². The molecule has 2 heterocycles. The minimum atomic E-state index is -0.943. The van der Waals surface area contributed by atoms with Gasteiger partial charge >= 0.3 is 0 Å². The fourth-order valence-corrected chi connectivity index (χ4v) is 4.92. The van der Waals surface area contributed by atoms with Crippen molar-refractivity contribution in [1.29, 1.82) is 0 Å². The van der Waals surface area contributed by atoms with E-state index in [9.17, 15) is 15.0 Å². The van der Waals surface area contributed by atoms with Gasteiger partial charge in [-0.1, -0.05) is 32.1 Å². The number of aliphatic hydroxyl groups is 2. The van der Waals surface area contributed by atoms with E-state index < -0.39 is 18.2 Å². The second kappa shape index (κ2) is 8.27. The first kappa shape index (κ1) is 19.9. The van der Waals surface area contributed by atoms with E-state index >= 15 is 0 Å². The molecule has 3 atom stereocenters. The molecule has 0 bridgehead atoms. The fourth-order valence-electron chi connectivity index (χ4n) is 4.92. The molecule has 3 fully saturated rings. The minimum absolute atomic E-state index is 0.158. The third kappa shape index (κ3) is 4.23. The van der Waals surface area contributed by atoms with Gasteiger partial charge in [-0.3, -0.25) is 4.79 Å². The normalized spacial score (nSPS) is 23.3. The smallest absolute Gasteiger partial charge is 0.255 e. The molecule has 7 nitrogen and oxygen atoms in total. The molecule has 0 aliphatic heterocycles. The van der Waals surface area contributed by atoms with Crippen LogP contribution in [0.5, 0.6) is 0 Å². The van der Waals surface area contributed by atoms with E-state index in [1.54, 1.807) is 12.4 Å². The summed E-state index contributed by atoms with van der Waals surface area (Å²) in [6.45, 7) is 0. The van der Waals surface area contributed by atoms with Crippen LogP contribution >= 0.6 is 0 Å². The number of fused-ring (bicyclic) bond motifs is 1. The molecule has 162 valence electrons. The maximum atomic E-state index is 13.2. The number of amides is 1. The van der Waals surface area contributed by atoms with Crippen LogP contribution in [0.4, 0.5) is 0 Å². The Bertz CT molecular complexity index is 899. The van der Waals surface area contributed by atoms with Gasteiger partial charge in [-0.2, -0.15) is 0 Å². The van der Waals surface area contributed by atoms with E-state index in [1.807, 2.05) is 0 Å². The van der Waals surface area contributed by atoms with Crippen molar-refractivity contribution < 1.29 is 15.0 Å². The van der Waals surface area contributed by atoms with Crippen LogP contribution in [0, 0.1) is 11.8 Å². The zero-order valence-corrected chi connectivity index (χ0v) is 17.4. The first-order valence-corrected chi connectivity index (χ1v) is 11.6. The summed E-state index contributed by atoms with van der Waals surface area (Å²) in [7, 11) is 0. The lowest BCUT2D eigenvalue weighted by molar-refractivity contribution is -0.0202. The maximum Gasteiger partial charge on any atom is 0.255 e. The predicted octanol–water partition coefficient (Wildman–Crippen LogP) is 3.04. The highest BCUT2D eigenvalue weighted by Gasteiger charge is 2.39. The summed E-state index contributed by atoms with van der Waals surface area (Å²) in [5.74, 6) is 0.841. The standard InChI is InChI=1S/C23H32N4O3/c28-20(15-8-9-15)21(29)17(10-13-4-2-1-3-5-13)27-23(30)16-11-24-22-19(16)26-18(12-25-22)14-6-7-14/h11-15,17,20-21,28-29H,1-10H2,(H,24,25)(H,27,30)/t17-,20-,21+/m0/s1. The number of nitrogens with one attached hydrogen (secondary N) is 2. The number of carbonyl (C=O) groups is 1. The number of aromatic nitrogens is 3. The quantitative estimate of drug-likeness (QED) is 0.533. The van der Waals surface area contributed by atoms with Crippen LogP contribution in [0.25, 0.3) is 11.2 Å². The van der Waals surface area contributed by atoms with Crippen LogP contribution in [0.15, 0.2) is 12.4 Å². The van der Waals surface area contributed by atoms with Crippen molar-refractivity contribution >= 4 is 17.1 Å². The molecule has 2 aromatic heterocycles. The molecule has 7 heteroatoms. The van der Waals surface area contributed by atoms with Gasteiger partial charge in [-0.25, -0.2) is 9.97 Å². The third-order valence-corrected chi connectivity index (χ3v) is 7.14. The molecule has 30 heavy (non-hydrogen) atoms. The summed E-state index contributed by atoms with van der Waals surface area (Å²) in [6.07, 6.45) is 12.5. The molecule has 3 saturated carbocycles. The van der Waals surface area contributed by atoms with Gasteiger partial charge in [0, 0.05) is 12.1 Å². The van der Waals surface area contributed by atoms with E-state index in [2.05, 4.69) is 15.3 Å². The molecule has 0 unspecified atom stereocenters. The number of aromatic amines is 1. The van der Waals surface area contributed by atoms with Gasteiger partial charge in [0.15, 0.2) is 5.65 Å². The predicted molar refractivity (Wildman–Crippen MR) is 113 cm³/mol. The number of aliphatic hydroxyl groups excluding tert-OH is 2. The summed E-state index contributed by atoms with van der Waals surface area (Å²) in [5, 5.41) is 24.5. The Balaban J connectivity index is 1.35. The second-order valence-electron chi connectivity index (χ2n) is 9.61. The maximum absolute atomic E-state index is 13.2. The lowest BCUT2D eigenvalue weighted by Crippen LogP contribution is -2.50. The number of H-pyrrole nitrogens is 1. The molecule has 0 saturated heterocycles. The Morgan fingerprint density at radius 1 is 1.13 bits per heavy atom. The minimum Gasteiger partial charge on any atom is -0.390 e. The monoisotopic (exact) mass is 412 g/mol. The first-order chi connectivity index (χ1) is 14.6. The summed E-state index contributed by atoms with van der Waals surface area (Å²) >= 11 is 0. The van der Waals surface area contributed by atoms with E-state index in [0.29, 0.717) is 35.0 Å². The van der Waals surface area contributed by atoms with E-state index in [0.717, 1.165) is 44.2 Å². The highest BCUT2D eigenvalue weighted by molar-refractivity contribution is 6.04. The molecular weight excluding hydrogens is 380 g/mol. The fraction of sp³-hybridized carbons (Fsp3) is 0.696. The Morgan fingerprint density at radius 3 is 2.60 bits per heavy atom. The SMILES string of the molecule is O=C(N[C@@H](CC1CCCCC1)[C@@H](O)[C@@H](O)C1CC1)c1c[nH]c2ncc(C3CC3)nc12. The van der Waals surface area contributed by atoms with Crippen LogP contribution in [0.2, 0.25) is 0 Å². The van der Waals surface area contributed by atoms with Gasteiger partial charge in [0.25, 0.3) is 5.91 Å². The molecule has 0 spiro atoms. The number of hydrogen-bond donors (Lipinski definition) is 4. The van der Waals surface area contributed by atoms with Crippen molar-refractivity contribution in [3.05, 3.63) is 23.7 Å². The van der Waals surface area contributed by atoms with E-state index in [4.69, 9.17) is 4.98 Å². The third-order valence-electron chi connectivity index (χ3n) is 7.14. The molecule has 3 aliphatic rings. The van der Waals surface area contributed by atoms with Crippen molar-refractivity contribution in [3.8, 4) is 0 Å². The summed E-state index contributed by atoms with van der Waals surface area (Å²) in [5.41, 5.74) is 2.60. The highest BCUT2D eigenvalue weighted by atomic mass is 16.3. The average molecular weight is 413 g/mol. The van der Waals surface area contributed by atoms with Crippen molar-refractivity contribution in [3.63, 3.8) is 0 Å². The Hall–Kier alpha value is -1.99. The zero-order chi connectivity index (χ0) is 20.7. The van der Waals surface area contributed by atoms with Gasteiger partial charge < -0.3 is 20.5 Å². The summed E-state index contributed by atoms with van der Waals surface area (Å²) in [6, 6.07) is -0.458. The highest BCUT2D eigenvalue weighted by Crippen LogP contribution is 2.39. The molecule has 2 aromatic rings. The number of hydrogen-bond acceptors (Lipinski definition) is 5. The Labute approximate surface area is 176 Å². The van der Waals surface area contributed by atoms with E-state index in [1.165, 1.54) is 19.3 Å². The summed E-state index contributed by atoms with van der Waals surface area (Å²) in [4.78, 5) is 25.4. The molecule has 0 radical (unpaired) electrons. The average Bonchev–Trinajstić information content (AvgIpc) is 3.69. The van der Waals surface area contributed by atoms with E-state index in [-0.39, 0.29) is 11.8 Å². The topological polar surface area (TPSA) is 111 Å². The number of nitrogens with zero attached hydrogens (tertiary/aromatic N) is 2. The molecule has 0 aromatic carbocycles. The number of carbonyl (C=O) groups excluding carboxylic acids is 1.